The highest BCUT2D eigenvalue weighted by Crippen LogP contribution is 2.23. The Morgan fingerprint density at radius 1 is 0.786 bits per heavy atom. The van der Waals surface area contributed by atoms with E-state index < -0.39 is 0 Å². The molecule has 0 saturated carbocycles. The zero-order valence-corrected chi connectivity index (χ0v) is 16.3. The van der Waals surface area contributed by atoms with E-state index in [4.69, 9.17) is 10.1 Å². The molecular formula is C19H23N9. The number of piperazine rings is 1. The summed E-state index contributed by atoms with van der Waals surface area (Å²) in [5.41, 5.74) is 2.71. The number of hydrogen-bond acceptors (Lipinski definition) is 7. The van der Waals surface area contributed by atoms with Gasteiger partial charge in [0, 0.05) is 31.6 Å². The van der Waals surface area contributed by atoms with Gasteiger partial charge in [0.2, 0.25) is 0 Å². The van der Waals surface area contributed by atoms with Crippen LogP contribution in [0.4, 0.5) is 11.6 Å². The molecule has 0 aromatic carbocycles. The van der Waals surface area contributed by atoms with Crippen molar-refractivity contribution in [1.82, 2.24) is 34.4 Å². The van der Waals surface area contributed by atoms with Gasteiger partial charge in [-0.15, -0.1) is 20.4 Å². The van der Waals surface area contributed by atoms with Crippen molar-refractivity contribution in [3.63, 3.8) is 0 Å². The van der Waals surface area contributed by atoms with Gasteiger partial charge in [-0.05, 0) is 24.3 Å². The first-order valence-corrected chi connectivity index (χ1v) is 9.51. The van der Waals surface area contributed by atoms with Crippen molar-refractivity contribution in [2.75, 3.05) is 36.0 Å². The van der Waals surface area contributed by atoms with Crippen molar-refractivity contribution < 1.29 is 0 Å². The summed E-state index contributed by atoms with van der Waals surface area (Å²) in [7, 11) is 0. The Kier molecular flexibility index (Phi) is 3.71. The molecule has 0 N–H and O–H groups in total. The Labute approximate surface area is 162 Å². The summed E-state index contributed by atoms with van der Waals surface area (Å²) in [5.74, 6) is 1.92. The molecule has 4 aromatic heterocycles. The predicted molar refractivity (Wildman–Crippen MR) is 107 cm³/mol. The SMILES string of the molecule is CC(C)(C)c1cn2nc(N3CCN(c4ccc5nncn5n4)CC3)ccc2n1. The van der Waals surface area contributed by atoms with Gasteiger partial charge >= 0.3 is 0 Å². The van der Waals surface area contributed by atoms with Crippen LogP contribution in [0.1, 0.15) is 26.5 Å². The number of nitrogens with zero attached hydrogens (tertiary/aromatic N) is 9. The van der Waals surface area contributed by atoms with Crippen LogP contribution in [-0.2, 0) is 5.41 Å². The van der Waals surface area contributed by atoms with Crippen LogP contribution in [0.5, 0.6) is 0 Å². The van der Waals surface area contributed by atoms with Gasteiger partial charge in [-0.3, -0.25) is 0 Å². The summed E-state index contributed by atoms with van der Waals surface area (Å²) < 4.78 is 3.60. The molecule has 1 fully saturated rings. The zero-order valence-electron chi connectivity index (χ0n) is 16.3. The van der Waals surface area contributed by atoms with Crippen molar-refractivity contribution in [3.05, 3.63) is 42.5 Å². The fourth-order valence-corrected chi connectivity index (χ4v) is 3.45. The minimum atomic E-state index is 0.0123. The van der Waals surface area contributed by atoms with E-state index in [2.05, 4.69) is 51.9 Å². The normalized spacial score (nSPS) is 15.7. The van der Waals surface area contributed by atoms with Gasteiger partial charge in [0.1, 0.15) is 18.0 Å². The molecular weight excluding hydrogens is 354 g/mol. The summed E-state index contributed by atoms with van der Waals surface area (Å²) in [5, 5.41) is 17.3. The Bertz CT molecular complexity index is 1130. The van der Waals surface area contributed by atoms with Gasteiger partial charge in [0.05, 0.1) is 11.9 Å². The molecule has 0 radical (unpaired) electrons. The topological polar surface area (TPSA) is 79.8 Å². The van der Waals surface area contributed by atoms with Crippen LogP contribution in [0.25, 0.3) is 11.3 Å². The number of fused-ring (bicyclic) bond motifs is 2. The van der Waals surface area contributed by atoms with Crippen molar-refractivity contribution in [1.29, 1.82) is 0 Å². The van der Waals surface area contributed by atoms with E-state index in [1.165, 1.54) is 0 Å². The van der Waals surface area contributed by atoms with E-state index in [1.54, 1.807) is 10.8 Å². The molecule has 0 unspecified atom stereocenters. The maximum atomic E-state index is 4.79. The summed E-state index contributed by atoms with van der Waals surface area (Å²) in [4.78, 5) is 9.29. The quantitative estimate of drug-likeness (QED) is 0.527. The van der Waals surface area contributed by atoms with Crippen molar-refractivity contribution in [2.45, 2.75) is 26.2 Å². The lowest BCUT2D eigenvalue weighted by Crippen LogP contribution is -2.47. The summed E-state index contributed by atoms with van der Waals surface area (Å²) >= 11 is 0. The van der Waals surface area contributed by atoms with E-state index in [0.29, 0.717) is 0 Å². The molecule has 9 nitrogen and oxygen atoms in total. The van der Waals surface area contributed by atoms with Crippen LogP contribution < -0.4 is 9.80 Å². The largest absolute Gasteiger partial charge is 0.352 e. The number of rotatable bonds is 2. The first-order valence-electron chi connectivity index (χ1n) is 9.51. The van der Waals surface area contributed by atoms with Crippen LogP contribution in [0.15, 0.2) is 36.8 Å². The van der Waals surface area contributed by atoms with Crippen LogP contribution in [0.3, 0.4) is 0 Å². The standard InChI is InChI=1S/C19H23N9/c1-19(2,3)14-12-27-15(21-14)4-6-17(23-27)25-8-10-26(11-9-25)18-7-5-16-22-20-13-28(16)24-18/h4-7,12-13H,8-11H2,1-3H3. The van der Waals surface area contributed by atoms with Gasteiger partial charge in [-0.2, -0.15) is 4.52 Å². The molecule has 0 aliphatic carbocycles. The fourth-order valence-electron chi connectivity index (χ4n) is 3.45. The van der Waals surface area contributed by atoms with Crippen molar-refractivity contribution >= 4 is 22.9 Å². The Hall–Kier alpha value is -3.23. The zero-order chi connectivity index (χ0) is 19.3. The molecule has 1 aliphatic heterocycles. The van der Waals surface area contributed by atoms with Gasteiger partial charge in [0.25, 0.3) is 0 Å². The van der Waals surface area contributed by atoms with E-state index in [9.17, 15) is 0 Å². The molecule has 0 spiro atoms. The molecule has 0 bridgehead atoms. The minimum Gasteiger partial charge on any atom is -0.352 e. The van der Waals surface area contributed by atoms with Crippen LogP contribution in [0, 0.1) is 0 Å². The van der Waals surface area contributed by atoms with Crippen molar-refractivity contribution in [3.8, 4) is 0 Å². The lowest BCUT2D eigenvalue weighted by molar-refractivity contribution is 0.572. The maximum Gasteiger partial charge on any atom is 0.177 e. The number of hydrogen-bond donors (Lipinski definition) is 0. The fraction of sp³-hybridized carbons (Fsp3) is 0.421. The van der Waals surface area contributed by atoms with E-state index >= 15 is 0 Å². The van der Waals surface area contributed by atoms with Gasteiger partial charge < -0.3 is 9.80 Å². The number of anilines is 2. The van der Waals surface area contributed by atoms with Crippen LogP contribution in [-0.4, -0.2) is 60.6 Å². The highest BCUT2D eigenvalue weighted by atomic mass is 15.4. The highest BCUT2D eigenvalue weighted by molar-refractivity contribution is 5.50. The molecule has 0 amide bonds. The monoisotopic (exact) mass is 377 g/mol. The molecule has 28 heavy (non-hydrogen) atoms. The first-order chi connectivity index (χ1) is 13.5. The van der Waals surface area contributed by atoms with E-state index in [-0.39, 0.29) is 5.41 Å². The average molecular weight is 377 g/mol. The summed E-state index contributed by atoms with van der Waals surface area (Å²) in [6, 6.07) is 8.06. The van der Waals surface area contributed by atoms with Gasteiger partial charge in [-0.25, -0.2) is 9.50 Å². The van der Waals surface area contributed by atoms with Gasteiger partial charge in [0.15, 0.2) is 11.3 Å². The molecule has 5 rings (SSSR count). The maximum absolute atomic E-state index is 4.79. The molecule has 4 aromatic rings. The highest BCUT2D eigenvalue weighted by Gasteiger charge is 2.21. The lowest BCUT2D eigenvalue weighted by atomic mass is 9.93. The molecule has 1 saturated heterocycles. The third-order valence-electron chi connectivity index (χ3n) is 5.15. The molecule has 9 heteroatoms. The Morgan fingerprint density at radius 3 is 2.04 bits per heavy atom. The van der Waals surface area contributed by atoms with Crippen LogP contribution in [0.2, 0.25) is 0 Å². The van der Waals surface area contributed by atoms with Crippen molar-refractivity contribution in [2.24, 2.45) is 0 Å². The summed E-state index contributed by atoms with van der Waals surface area (Å²) in [6.07, 6.45) is 3.67. The minimum absolute atomic E-state index is 0.0123. The number of imidazole rings is 1. The third kappa shape index (κ3) is 2.92. The second kappa shape index (κ2) is 6.15. The second-order valence-corrected chi connectivity index (χ2v) is 8.17. The second-order valence-electron chi connectivity index (χ2n) is 8.17. The first kappa shape index (κ1) is 16.9. The third-order valence-corrected chi connectivity index (χ3v) is 5.15. The van der Waals surface area contributed by atoms with Crippen LogP contribution >= 0.6 is 0 Å². The van der Waals surface area contributed by atoms with Gasteiger partial charge in [-0.1, -0.05) is 20.8 Å². The Morgan fingerprint density at radius 2 is 1.39 bits per heavy atom. The average Bonchev–Trinajstić information content (AvgIpc) is 3.33. The molecule has 144 valence electrons. The molecule has 1 aliphatic rings. The lowest BCUT2D eigenvalue weighted by Gasteiger charge is -2.35. The summed E-state index contributed by atoms with van der Waals surface area (Å²) in [6.45, 7) is 10.1. The molecule has 0 atom stereocenters. The van der Waals surface area contributed by atoms with E-state index in [1.807, 2.05) is 28.9 Å². The predicted octanol–water partition coefficient (Wildman–Crippen LogP) is 1.79. The Balaban J connectivity index is 1.33. The number of aromatic nitrogens is 7. The van der Waals surface area contributed by atoms with E-state index in [0.717, 1.165) is 54.8 Å². The smallest absolute Gasteiger partial charge is 0.177 e. The molecule has 5 heterocycles.